The summed E-state index contributed by atoms with van der Waals surface area (Å²) in [7, 11) is 0. The van der Waals surface area contributed by atoms with Gasteiger partial charge in [0.25, 0.3) is 11.8 Å². The molecule has 0 unspecified atom stereocenters. The van der Waals surface area contributed by atoms with E-state index in [1.807, 2.05) is 0 Å². The summed E-state index contributed by atoms with van der Waals surface area (Å²) in [6.07, 6.45) is 0.00495. The molecule has 2 amide bonds. The fourth-order valence-electron chi connectivity index (χ4n) is 1.58. The predicted molar refractivity (Wildman–Crippen MR) is 57.6 cm³/mol. The molecular formula is C12H10FNO4. The highest BCUT2D eigenvalue weighted by Gasteiger charge is 2.33. The van der Waals surface area contributed by atoms with Crippen LogP contribution in [0.1, 0.15) is 28.8 Å². The molecule has 1 saturated heterocycles. The number of amides is 2. The van der Waals surface area contributed by atoms with Crippen molar-refractivity contribution in [2.75, 3.05) is 0 Å². The Morgan fingerprint density at radius 1 is 1.28 bits per heavy atom. The van der Waals surface area contributed by atoms with Crippen molar-refractivity contribution < 1.29 is 23.6 Å². The van der Waals surface area contributed by atoms with Gasteiger partial charge in [-0.25, -0.2) is 9.18 Å². The van der Waals surface area contributed by atoms with Gasteiger partial charge < -0.3 is 4.84 Å². The average molecular weight is 251 g/mol. The summed E-state index contributed by atoms with van der Waals surface area (Å²) < 4.78 is 13.5. The maximum absolute atomic E-state index is 13.5. The molecule has 94 valence electrons. The molecule has 0 bridgehead atoms. The van der Waals surface area contributed by atoms with E-state index in [0.29, 0.717) is 10.6 Å². The summed E-state index contributed by atoms with van der Waals surface area (Å²) in [6.45, 7) is 1.67. The summed E-state index contributed by atoms with van der Waals surface area (Å²) in [5.41, 5.74) is 0.338. The molecule has 5 nitrogen and oxygen atoms in total. The maximum Gasteiger partial charge on any atom is 0.366 e. The Hall–Kier alpha value is -2.24. The standard InChI is InChI=1S/C12H10FNO4/c1-7-2-3-8(9(13)6-7)12(17)18-14-10(15)4-5-11(14)16/h2-3,6H,4-5H2,1H3. The van der Waals surface area contributed by atoms with Gasteiger partial charge in [0.2, 0.25) is 0 Å². The molecule has 0 N–H and O–H groups in total. The molecule has 1 aromatic rings. The van der Waals surface area contributed by atoms with Gasteiger partial charge in [-0.15, -0.1) is 5.06 Å². The molecule has 0 spiro atoms. The van der Waals surface area contributed by atoms with Crippen molar-refractivity contribution in [3.63, 3.8) is 0 Å². The third-order valence-electron chi connectivity index (χ3n) is 2.52. The molecular weight excluding hydrogens is 241 g/mol. The van der Waals surface area contributed by atoms with Crippen LogP contribution >= 0.6 is 0 Å². The molecule has 1 aromatic carbocycles. The minimum atomic E-state index is -1.06. The highest BCUT2D eigenvalue weighted by Crippen LogP contribution is 2.16. The smallest absolute Gasteiger partial charge is 0.325 e. The van der Waals surface area contributed by atoms with Crippen LogP contribution in [-0.4, -0.2) is 22.8 Å². The second kappa shape index (κ2) is 4.56. The van der Waals surface area contributed by atoms with E-state index in [-0.39, 0.29) is 18.4 Å². The fraction of sp³-hybridized carbons (Fsp3) is 0.250. The molecule has 0 aliphatic carbocycles. The van der Waals surface area contributed by atoms with Gasteiger partial charge in [0.05, 0.1) is 5.56 Å². The molecule has 0 atom stereocenters. The van der Waals surface area contributed by atoms with Crippen molar-refractivity contribution in [1.82, 2.24) is 5.06 Å². The van der Waals surface area contributed by atoms with E-state index in [0.717, 1.165) is 0 Å². The Kier molecular flexibility index (Phi) is 3.10. The zero-order chi connectivity index (χ0) is 13.3. The van der Waals surface area contributed by atoms with E-state index < -0.39 is 23.6 Å². The van der Waals surface area contributed by atoms with Crippen molar-refractivity contribution in [3.8, 4) is 0 Å². The van der Waals surface area contributed by atoms with Crippen LogP contribution in [-0.2, 0) is 14.4 Å². The number of rotatable bonds is 2. The summed E-state index contributed by atoms with van der Waals surface area (Å²) in [6, 6.07) is 3.95. The van der Waals surface area contributed by atoms with E-state index in [1.165, 1.54) is 18.2 Å². The number of nitrogens with zero attached hydrogens (tertiary/aromatic N) is 1. The second-order valence-corrected chi connectivity index (χ2v) is 3.94. The molecule has 1 aliphatic heterocycles. The van der Waals surface area contributed by atoms with Crippen LogP contribution in [0.5, 0.6) is 0 Å². The van der Waals surface area contributed by atoms with Gasteiger partial charge in [-0.3, -0.25) is 9.59 Å². The van der Waals surface area contributed by atoms with Gasteiger partial charge in [0.15, 0.2) is 0 Å². The predicted octanol–water partition coefficient (Wildman–Crippen LogP) is 1.35. The number of imide groups is 1. The summed E-state index contributed by atoms with van der Waals surface area (Å²) >= 11 is 0. The van der Waals surface area contributed by atoms with Crippen molar-refractivity contribution in [1.29, 1.82) is 0 Å². The van der Waals surface area contributed by atoms with Crippen LogP contribution in [0, 0.1) is 12.7 Å². The van der Waals surface area contributed by atoms with E-state index in [4.69, 9.17) is 0 Å². The van der Waals surface area contributed by atoms with Gasteiger partial charge in [-0.1, -0.05) is 6.07 Å². The average Bonchev–Trinajstić information content (AvgIpc) is 2.60. The molecule has 0 saturated carbocycles. The van der Waals surface area contributed by atoms with Crippen molar-refractivity contribution in [3.05, 3.63) is 35.1 Å². The third-order valence-corrected chi connectivity index (χ3v) is 2.52. The number of halogens is 1. The van der Waals surface area contributed by atoms with Crippen molar-refractivity contribution in [2.24, 2.45) is 0 Å². The minimum absolute atomic E-state index is 0.00247. The molecule has 0 radical (unpaired) electrons. The number of carbonyl (C=O) groups is 3. The SMILES string of the molecule is Cc1ccc(C(=O)ON2C(=O)CCC2=O)c(F)c1. The van der Waals surface area contributed by atoms with Crippen LogP contribution in [0.4, 0.5) is 4.39 Å². The molecule has 6 heteroatoms. The minimum Gasteiger partial charge on any atom is -0.325 e. The molecule has 1 heterocycles. The number of hydrogen-bond acceptors (Lipinski definition) is 4. The number of carbonyl (C=O) groups excluding carboxylic acids is 3. The molecule has 1 aliphatic rings. The first kappa shape index (κ1) is 12.2. The zero-order valence-electron chi connectivity index (χ0n) is 9.60. The van der Waals surface area contributed by atoms with Gasteiger partial charge in [-0.2, -0.15) is 0 Å². The quantitative estimate of drug-likeness (QED) is 0.744. The first-order valence-electron chi connectivity index (χ1n) is 5.33. The number of hydroxylamine groups is 2. The third kappa shape index (κ3) is 2.22. The molecule has 18 heavy (non-hydrogen) atoms. The summed E-state index contributed by atoms with van der Waals surface area (Å²) in [4.78, 5) is 38.7. The number of benzene rings is 1. The van der Waals surface area contributed by atoms with Crippen LogP contribution in [0.3, 0.4) is 0 Å². The highest BCUT2D eigenvalue weighted by atomic mass is 19.1. The summed E-state index contributed by atoms with van der Waals surface area (Å²) in [5.74, 6) is -3.00. The van der Waals surface area contributed by atoms with Gasteiger partial charge in [0.1, 0.15) is 5.82 Å². The van der Waals surface area contributed by atoms with Gasteiger partial charge in [-0.05, 0) is 24.6 Å². The normalized spacial score (nSPS) is 15.1. The lowest BCUT2D eigenvalue weighted by molar-refractivity contribution is -0.172. The lowest BCUT2D eigenvalue weighted by Crippen LogP contribution is -2.32. The van der Waals surface area contributed by atoms with Crippen LogP contribution < -0.4 is 0 Å². The Bertz CT molecular complexity index is 525. The lowest BCUT2D eigenvalue weighted by Gasteiger charge is -2.12. The van der Waals surface area contributed by atoms with Crippen LogP contribution in [0.2, 0.25) is 0 Å². The number of aryl methyl sites for hydroxylation is 1. The Labute approximate surface area is 102 Å². The van der Waals surface area contributed by atoms with Gasteiger partial charge >= 0.3 is 5.97 Å². The monoisotopic (exact) mass is 251 g/mol. The zero-order valence-corrected chi connectivity index (χ0v) is 9.60. The highest BCUT2D eigenvalue weighted by molar-refractivity contribution is 6.02. The van der Waals surface area contributed by atoms with Crippen LogP contribution in [0.15, 0.2) is 18.2 Å². The fourth-order valence-corrected chi connectivity index (χ4v) is 1.58. The van der Waals surface area contributed by atoms with E-state index in [2.05, 4.69) is 4.84 Å². The van der Waals surface area contributed by atoms with Crippen LogP contribution in [0.25, 0.3) is 0 Å². The van der Waals surface area contributed by atoms with Crippen molar-refractivity contribution >= 4 is 17.8 Å². The second-order valence-electron chi connectivity index (χ2n) is 3.94. The van der Waals surface area contributed by atoms with Gasteiger partial charge in [0, 0.05) is 12.8 Å². The first-order chi connectivity index (χ1) is 8.49. The lowest BCUT2D eigenvalue weighted by atomic mass is 10.1. The Morgan fingerprint density at radius 3 is 2.44 bits per heavy atom. The Balaban J connectivity index is 2.17. The van der Waals surface area contributed by atoms with E-state index in [9.17, 15) is 18.8 Å². The number of hydrogen-bond donors (Lipinski definition) is 0. The van der Waals surface area contributed by atoms with E-state index >= 15 is 0 Å². The first-order valence-corrected chi connectivity index (χ1v) is 5.33. The summed E-state index contributed by atoms with van der Waals surface area (Å²) in [5, 5.41) is 0.391. The largest absolute Gasteiger partial charge is 0.366 e. The molecule has 2 rings (SSSR count). The maximum atomic E-state index is 13.5. The Morgan fingerprint density at radius 2 is 1.89 bits per heavy atom. The molecule has 1 fully saturated rings. The van der Waals surface area contributed by atoms with Crippen molar-refractivity contribution in [2.45, 2.75) is 19.8 Å². The molecule has 0 aromatic heterocycles. The van der Waals surface area contributed by atoms with E-state index in [1.54, 1.807) is 6.92 Å². The topological polar surface area (TPSA) is 63.7 Å².